The monoisotopic (exact) mass is 223 g/mol. The van der Waals surface area contributed by atoms with Crippen molar-refractivity contribution in [1.29, 1.82) is 0 Å². The highest BCUT2D eigenvalue weighted by molar-refractivity contribution is 5.91. The van der Waals surface area contributed by atoms with Gasteiger partial charge in [-0.25, -0.2) is 4.79 Å². The number of aryl methyl sites for hydroxylation is 1. The van der Waals surface area contributed by atoms with E-state index in [0.717, 1.165) is 0 Å². The lowest BCUT2D eigenvalue weighted by molar-refractivity contribution is -0.152. The molecule has 0 N–H and O–H groups in total. The molecule has 0 aliphatic carbocycles. The maximum Gasteiger partial charge on any atom is 0.354 e. The van der Waals surface area contributed by atoms with Crippen LogP contribution in [0.2, 0.25) is 0 Å². The van der Waals surface area contributed by atoms with Crippen molar-refractivity contribution in [3.05, 3.63) is 24.0 Å². The van der Waals surface area contributed by atoms with Crippen LogP contribution in [0.25, 0.3) is 0 Å². The summed E-state index contributed by atoms with van der Waals surface area (Å²) in [6.45, 7) is 3.59. The molecule has 1 unspecified atom stereocenters. The summed E-state index contributed by atoms with van der Waals surface area (Å²) in [4.78, 5) is 26.0. The van der Waals surface area contributed by atoms with Crippen LogP contribution in [0.15, 0.2) is 18.3 Å². The van der Waals surface area contributed by atoms with Gasteiger partial charge in [0.15, 0.2) is 6.29 Å². The Balaban J connectivity index is 2.74. The molecule has 1 aromatic rings. The first kappa shape index (κ1) is 12.2. The van der Waals surface area contributed by atoms with Crippen molar-refractivity contribution < 1.29 is 19.1 Å². The third kappa shape index (κ3) is 3.05. The van der Waals surface area contributed by atoms with Crippen molar-refractivity contribution in [3.63, 3.8) is 0 Å². The van der Waals surface area contributed by atoms with Crippen molar-refractivity contribution in [2.75, 3.05) is 6.61 Å². The van der Waals surface area contributed by atoms with Gasteiger partial charge in [-0.3, -0.25) is 9.78 Å². The number of nitrogens with zero attached hydrogens (tertiary/aromatic N) is 1. The predicted octanol–water partition coefficient (Wildman–Crippen LogP) is 0.899. The Morgan fingerprint density at radius 3 is 2.94 bits per heavy atom. The third-order valence-electron chi connectivity index (χ3n) is 1.85. The van der Waals surface area contributed by atoms with Crippen LogP contribution in [-0.2, 0) is 14.3 Å². The fourth-order valence-corrected chi connectivity index (χ4v) is 1.09. The second kappa shape index (κ2) is 5.85. The van der Waals surface area contributed by atoms with Gasteiger partial charge in [0.05, 0.1) is 12.3 Å². The molecule has 1 aromatic heterocycles. The average Bonchev–Trinajstić information content (AvgIpc) is 2.28. The van der Waals surface area contributed by atoms with Crippen molar-refractivity contribution in [2.24, 2.45) is 0 Å². The van der Waals surface area contributed by atoms with Crippen LogP contribution in [0.1, 0.15) is 12.6 Å². The number of ether oxygens (including phenoxy) is 2. The smallest absolute Gasteiger partial charge is 0.354 e. The van der Waals surface area contributed by atoms with E-state index in [-0.39, 0.29) is 6.61 Å². The van der Waals surface area contributed by atoms with E-state index < -0.39 is 12.1 Å². The summed E-state index contributed by atoms with van der Waals surface area (Å²) >= 11 is 0. The van der Waals surface area contributed by atoms with Crippen LogP contribution < -0.4 is 4.74 Å². The van der Waals surface area contributed by atoms with E-state index in [4.69, 9.17) is 9.47 Å². The Hall–Kier alpha value is -1.91. The molecule has 0 spiro atoms. The third-order valence-corrected chi connectivity index (χ3v) is 1.85. The zero-order chi connectivity index (χ0) is 12.0. The van der Waals surface area contributed by atoms with Crippen LogP contribution in [0.5, 0.6) is 5.75 Å². The van der Waals surface area contributed by atoms with E-state index >= 15 is 0 Å². The van der Waals surface area contributed by atoms with E-state index in [1.807, 2.05) is 0 Å². The van der Waals surface area contributed by atoms with Crippen molar-refractivity contribution in [1.82, 2.24) is 4.98 Å². The normalized spacial score (nSPS) is 11.6. The first-order valence-corrected chi connectivity index (χ1v) is 4.89. The molecule has 5 heteroatoms. The second-order valence-electron chi connectivity index (χ2n) is 3.01. The summed E-state index contributed by atoms with van der Waals surface area (Å²) in [6, 6.07) is 3.30. The number of pyridine rings is 1. The minimum atomic E-state index is -1.23. The molecule has 0 saturated heterocycles. The minimum Gasteiger partial charge on any atom is -0.469 e. The molecule has 1 rings (SSSR count). The predicted molar refractivity (Wildman–Crippen MR) is 56.1 cm³/mol. The maximum atomic E-state index is 11.3. The topological polar surface area (TPSA) is 65.5 Å². The molecular weight excluding hydrogens is 210 g/mol. The fourth-order valence-electron chi connectivity index (χ4n) is 1.09. The molecule has 0 aliphatic heterocycles. The summed E-state index contributed by atoms with van der Waals surface area (Å²) in [5.74, 6) is -0.298. The van der Waals surface area contributed by atoms with Gasteiger partial charge in [0.1, 0.15) is 5.75 Å². The van der Waals surface area contributed by atoms with Gasteiger partial charge in [0.2, 0.25) is 6.10 Å². The molecule has 0 fully saturated rings. The van der Waals surface area contributed by atoms with E-state index in [1.54, 1.807) is 32.2 Å². The van der Waals surface area contributed by atoms with Gasteiger partial charge in [-0.05, 0) is 26.0 Å². The Morgan fingerprint density at radius 2 is 2.38 bits per heavy atom. The molecule has 0 bridgehead atoms. The van der Waals surface area contributed by atoms with E-state index in [1.165, 1.54) is 0 Å². The van der Waals surface area contributed by atoms with E-state index in [9.17, 15) is 9.59 Å². The highest BCUT2D eigenvalue weighted by Crippen LogP contribution is 2.15. The van der Waals surface area contributed by atoms with Gasteiger partial charge in [-0.1, -0.05) is 0 Å². The molecule has 0 aliphatic rings. The molecule has 86 valence electrons. The number of carbonyl (C=O) groups is 2. The summed E-state index contributed by atoms with van der Waals surface area (Å²) in [7, 11) is 0. The number of hydrogen-bond donors (Lipinski definition) is 0. The molecule has 16 heavy (non-hydrogen) atoms. The molecule has 0 aromatic carbocycles. The molecule has 0 radical (unpaired) electrons. The number of hydrogen-bond acceptors (Lipinski definition) is 5. The Labute approximate surface area is 93.4 Å². The second-order valence-corrected chi connectivity index (χ2v) is 3.01. The van der Waals surface area contributed by atoms with Gasteiger partial charge in [0, 0.05) is 6.20 Å². The summed E-state index contributed by atoms with van der Waals surface area (Å²) in [6.07, 6.45) is 0.773. The van der Waals surface area contributed by atoms with Gasteiger partial charge < -0.3 is 9.47 Å². The first-order chi connectivity index (χ1) is 7.69. The summed E-state index contributed by atoms with van der Waals surface area (Å²) in [5.41, 5.74) is 0.610. The van der Waals surface area contributed by atoms with Crippen LogP contribution in [0.3, 0.4) is 0 Å². The highest BCUT2D eigenvalue weighted by Gasteiger charge is 2.21. The molecule has 0 saturated carbocycles. The SMILES string of the molecule is CCOC(=O)C(C=O)Oc1cccnc1C. The lowest BCUT2D eigenvalue weighted by Crippen LogP contribution is -2.31. The number of esters is 1. The number of carbonyl (C=O) groups excluding carboxylic acids is 2. The van der Waals surface area contributed by atoms with Gasteiger partial charge in [-0.15, -0.1) is 0 Å². The van der Waals surface area contributed by atoms with Crippen molar-refractivity contribution in [2.45, 2.75) is 20.0 Å². The summed E-state index contributed by atoms with van der Waals surface area (Å²) < 4.78 is 9.90. The Kier molecular flexibility index (Phi) is 4.44. The van der Waals surface area contributed by atoms with Crippen LogP contribution in [0.4, 0.5) is 0 Å². The zero-order valence-electron chi connectivity index (χ0n) is 9.17. The molecule has 0 amide bonds. The quantitative estimate of drug-likeness (QED) is 0.421. The summed E-state index contributed by atoms with van der Waals surface area (Å²) in [5, 5.41) is 0. The first-order valence-electron chi connectivity index (χ1n) is 4.89. The Morgan fingerprint density at radius 1 is 1.62 bits per heavy atom. The van der Waals surface area contributed by atoms with E-state index in [0.29, 0.717) is 17.7 Å². The Bertz CT molecular complexity index is 378. The van der Waals surface area contributed by atoms with Gasteiger partial charge in [0.25, 0.3) is 0 Å². The van der Waals surface area contributed by atoms with Crippen LogP contribution in [-0.4, -0.2) is 30.0 Å². The lowest BCUT2D eigenvalue weighted by atomic mass is 10.3. The van der Waals surface area contributed by atoms with Crippen molar-refractivity contribution >= 4 is 12.3 Å². The van der Waals surface area contributed by atoms with E-state index in [2.05, 4.69) is 4.98 Å². The highest BCUT2D eigenvalue weighted by atomic mass is 16.6. The van der Waals surface area contributed by atoms with Gasteiger partial charge >= 0.3 is 5.97 Å². The largest absolute Gasteiger partial charge is 0.469 e. The molecule has 1 heterocycles. The van der Waals surface area contributed by atoms with Crippen molar-refractivity contribution in [3.8, 4) is 5.75 Å². The number of aldehydes is 1. The molecule has 1 atom stereocenters. The standard InChI is InChI=1S/C11H13NO4/c1-3-15-11(14)10(7-13)16-9-5-4-6-12-8(9)2/h4-7,10H,3H2,1-2H3. The molecule has 5 nitrogen and oxygen atoms in total. The number of rotatable bonds is 5. The lowest BCUT2D eigenvalue weighted by Gasteiger charge is -2.13. The molecular formula is C11H13NO4. The number of aromatic nitrogens is 1. The zero-order valence-corrected chi connectivity index (χ0v) is 9.17. The van der Waals surface area contributed by atoms with Crippen LogP contribution in [0, 0.1) is 6.92 Å². The minimum absolute atomic E-state index is 0.207. The van der Waals surface area contributed by atoms with Gasteiger partial charge in [-0.2, -0.15) is 0 Å². The maximum absolute atomic E-state index is 11.3. The average molecular weight is 223 g/mol. The fraction of sp³-hybridized carbons (Fsp3) is 0.364. The van der Waals surface area contributed by atoms with Crippen LogP contribution >= 0.6 is 0 Å².